The summed E-state index contributed by atoms with van der Waals surface area (Å²) in [6.45, 7) is 5.77. The van der Waals surface area contributed by atoms with E-state index in [0.29, 0.717) is 35.3 Å². The molecule has 2 aliphatic rings. The first-order valence-corrected chi connectivity index (χ1v) is 9.30. The molecule has 0 unspecified atom stereocenters. The fraction of sp³-hybridized carbons (Fsp3) is 0.737. The Balaban J connectivity index is 1.80. The molecule has 0 aromatic carbocycles. The summed E-state index contributed by atoms with van der Waals surface area (Å²) in [5, 5.41) is 5.85. The maximum atomic E-state index is 13.7. The lowest BCUT2D eigenvalue weighted by atomic mass is 9.59. The van der Waals surface area contributed by atoms with Crippen LogP contribution in [-0.2, 0) is 0 Å². The number of rotatable bonds is 5. The Morgan fingerprint density at radius 3 is 2.44 bits per heavy atom. The molecule has 2 fully saturated rings. The number of ether oxygens (including phenoxy) is 1. The van der Waals surface area contributed by atoms with E-state index in [1.165, 1.54) is 51.9 Å². The molecule has 0 saturated heterocycles. The van der Waals surface area contributed by atoms with Crippen molar-refractivity contribution >= 4 is 11.7 Å². The molecule has 0 radical (unpaired) electrons. The molecular weight excluding hydrogens is 319 g/mol. The molecule has 1 heterocycles. The van der Waals surface area contributed by atoms with Gasteiger partial charge in [-0.05, 0) is 63.7 Å². The van der Waals surface area contributed by atoms with E-state index in [2.05, 4.69) is 15.1 Å². The van der Waals surface area contributed by atoms with Gasteiger partial charge in [0.2, 0.25) is 11.8 Å². The smallest absolute Gasteiger partial charge is 0.242 e. The molecule has 0 bridgehead atoms. The lowest BCUT2D eigenvalue weighted by Gasteiger charge is -2.47. The Morgan fingerprint density at radius 1 is 1.24 bits per heavy atom. The zero-order chi connectivity index (χ0) is 18.0. The van der Waals surface area contributed by atoms with Crippen LogP contribution in [0.1, 0.15) is 63.4 Å². The van der Waals surface area contributed by atoms with Gasteiger partial charge in [0.05, 0.1) is 12.8 Å². The van der Waals surface area contributed by atoms with E-state index in [1.54, 1.807) is 12.1 Å². The normalized spacial score (nSPS) is 20.4. The number of aryl methyl sites for hydroxylation is 2. The molecule has 6 heteroatoms. The topological polar surface area (TPSA) is 50.6 Å². The SMILES string of the molecule is COc1nc(C)nc(C)c1N(CC1CCC2(CCC2)CC1)/N=C(\C)F. The highest BCUT2D eigenvalue weighted by Crippen LogP contribution is 2.52. The van der Waals surface area contributed by atoms with E-state index in [9.17, 15) is 4.39 Å². The number of anilines is 1. The minimum atomic E-state index is -0.465. The van der Waals surface area contributed by atoms with Gasteiger partial charge in [0.25, 0.3) is 0 Å². The highest BCUT2D eigenvalue weighted by molar-refractivity contribution is 5.74. The first-order chi connectivity index (χ1) is 11.9. The van der Waals surface area contributed by atoms with Crippen LogP contribution in [0.3, 0.4) is 0 Å². The standard InChI is InChI=1S/C19H29FN4O/c1-13-17(18(25-4)22-15(3)21-13)24(23-14(2)20)12-16-6-10-19(11-7-16)8-5-9-19/h16H,5-12H2,1-4H3/b23-14+. The van der Waals surface area contributed by atoms with E-state index < -0.39 is 5.97 Å². The molecule has 1 aromatic rings. The number of methoxy groups -OCH3 is 1. The summed E-state index contributed by atoms with van der Waals surface area (Å²) in [6.07, 6.45) is 9.14. The van der Waals surface area contributed by atoms with Gasteiger partial charge < -0.3 is 4.74 Å². The van der Waals surface area contributed by atoms with Crippen LogP contribution in [0.2, 0.25) is 0 Å². The van der Waals surface area contributed by atoms with Gasteiger partial charge in [-0.25, -0.2) is 4.98 Å². The average molecular weight is 348 g/mol. The van der Waals surface area contributed by atoms with Crippen molar-refractivity contribution in [1.29, 1.82) is 0 Å². The molecular formula is C19H29FN4O. The number of hydrazone groups is 1. The molecule has 0 amide bonds. The summed E-state index contributed by atoms with van der Waals surface area (Å²) in [7, 11) is 1.58. The first-order valence-electron chi connectivity index (χ1n) is 9.30. The van der Waals surface area contributed by atoms with Crippen molar-refractivity contribution in [3.8, 4) is 5.88 Å². The quantitative estimate of drug-likeness (QED) is 0.578. The molecule has 138 valence electrons. The highest BCUT2D eigenvalue weighted by Gasteiger charge is 2.40. The highest BCUT2D eigenvalue weighted by atomic mass is 19.1. The molecule has 5 nitrogen and oxygen atoms in total. The van der Waals surface area contributed by atoms with Crippen molar-refractivity contribution in [3.63, 3.8) is 0 Å². The summed E-state index contributed by atoms with van der Waals surface area (Å²) < 4.78 is 19.1. The lowest BCUT2D eigenvalue weighted by molar-refractivity contribution is 0.0568. The van der Waals surface area contributed by atoms with E-state index in [1.807, 2.05) is 13.8 Å². The molecule has 0 N–H and O–H groups in total. The molecule has 1 aromatic heterocycles. The largest absolute Gasteiger partial charge is 0.479 e. The van der Waals surface area contributed by atoms with Gasteiger partial charge in [0.1, 0.15) is 11.5 Å². The number of nitrogens with zero attached hydrogens (tertiary/aromatic N) is 4. The maximum absolute atomic E-state index is 13.7. The Morgan fingerprint density at radius 2 is 1.92 bits per heavy atom. The third kappa shape index (κ3) is 3.93. The third-order valence-electron chi connectivity index (χ3n) is 5.86. The van der Waals surface area contributed by atoms with Crippen LogP contribution in [0.25, 0.3) is 0 Å². The Hall–Kier alpha value is -1.72. The van der Waals surface area contributed by atoms with Crippen LogP contribution >= 0.6 is 0 Å². The van der Waals surface area contributed by atoms with Gasteiger partial charge in [0, 0.05) is 13.5 Å². The van der Waals surface area contributed by atoms with Gasteiger partial charge >= 0.3 is 0 Å². The summed E-state index contributed by atoms with van der Waals surface area (Å²) in [5.74, 6) is 1.15. The second kappa shape index (κ2) is 7.26. The molecule has 2 saturated carbocycles. The van der Waals surface area contributed by atoms with Crippen molar-refractivity contribution in [1.82, 2.24) is 9.97 Å². The van der Waals surface area contributed by atoms with Crippen molar-refractivity contribution in [2.75, 3.05) is 18.7 Å². The summed E-state index contributed by atoms with van der Waals surface area (Å²) in [6, 6.07) is 0. The average Bonchev–Trinajstić information content (AvgIpc) is 2.52. The zero-order valence-corrected chi connectivity index (χ0v) is 15.8. The monoisotopic (exact) mass is 348 g/mol. The van der Waals surface area contributed by atoms with Crippen LogP contribution < -0.4 is 9.75 Å². The Labute approximate surface area is 149 Å². The lowest BCUT2D eigenvalue weighted by Crippen LogP contribution is -2.37. The summed E-state index contributed by atoms with van der Waals surface area (Å²) in [5.41, 5.74) is 2.07. The fourth-order valence-corrected chi connectivity index (χ4v) is 4.36. The summed E-state index contributed by atoms with van der Waals surface area (Å²) >= 11 is 0. The number of aromatic nitrogens is 2. The predicted octanol–water partition coefficient (Wildman–Crippen LogP) is 4.57. The van der Waals surface area contributed by atoms with Gasteiger partial charge in [-0.3, -0.25) is 5.01 Å². The van der Waals surface area contributed by atoms with Crippen LogP contribution in [0.15, 0.2) is 5.10 Å². The van der Waals surface area contributed by atoms with Gasteiger partial charge in [-0.2, -0.15) is 9.37 Å². The van der Waals surface area contributed by atoms with Crippen LogP contribution in [0.4, 0.5) is 10.1 Å². The molecule has 3 rings (SSSR count). The second-order valence-electron chi connectivity index (χ2n) is 7.69. The fourth-order valence-electron chi connectivity index (χ4n) is 4.36. The zero-order valence-electron chi connectivity index (χ0n) is 15.8. The Kier molecular flexibility index (Phi) is 5.25. The van der Waals surface area contributed by atoms with Crippen molar-refractivity contribution in [2.24, 2.45) is 16.4 Å². The van der Waals surface area contributed by atoms with Crippen molar-refractivity contribution < 1.29 is 9.13 Å². The van der Waals surface area contributed by atoms with Crippen LogP contribution in [0, 0.1) is 25.2 Å². The van der Waals surface area contributed by atoms with Crippen molar-refractivity contribution in [3.05, 3.63) is 11.5 Å². The molecule has 25 heavy (non-hydrogen) atoms. The van der Waals surface area contributed by atoms with Crippen LogP contribution in [0.5, 0.6) is 5.88 Å². The van der Waals surface area contributed by atoms with E-state index in [0.717, 1.165) is 5.69 Å². The second-order valence-corrected chi connectivity index (χ2v) is 7.69. The maximum Gasteiger partial charge on any atom is 0.242 e. The number of halogens is 1. The molecule has 0 aliphatic heterocycles. The Bertz CT molecular complexity index is 643. The van der Waals surface area contributed by atoms with Crippen LogP contribution in [-0.4, -0.2) is 29.6 Å². The molecule has 0 atom stereocenters. The minimum Gasteiger partial charge on any atom is -0.479 e. The van der Waals surface area contributed by atoms with E-state index in [-0.39, 0.29) is 0 Å². The van der Waals surface area contributed by atoms with Crippen molar-refractivity contribution in [2.45, 2.75) is 65.7 Å². The first kappa shape index (κ1) is 18.1. The molecule has 2 aliphatic carbocycles. The predicted molar refractivity (Wildman–Crippen MR) is 97.9 cm³/mol. The number of hydrogen-bond donors (Lipinski definition) is 0. The van der Waals surface area contributed by atoms with E-state index >= 15 is 0 Å². The number of hydrogen-bond acceptors (Lipinski definition) is 5. The van der Waals surface area contributed by atoms with Gasteiger partial charge in [-0.15, -0.1) is 5.10 Å². The van der Waals surface area contributed by atoms with Gasteiger partial charge in [-0.1, -0.05) is 6.42 Å². The van der Waals surface area contributed by atoms with Gasteiger partial charge in [0.15, 0.2) is 0 Å². The molecule has 1 spiro atoms. The third-order valence-corrected chi connectivity index (χ3v) is 5.86. The van der Waals surface area contributed by atoms with E-state index in [4.69, 9.17) is 4.74 Å². The minimum absolute atomic E-state index is 0.460. The summed E-state index contributed by atoms with van der Waals surface area (Å²) in [4.78, 5) is 8.78.